The van der Waals surface area contributed by atoms with Crippen LogP contribution < -0.4 is 10.5 Å². The van der Waals surface area contributed by atoms with Crippen molar-refractivity contribution in [1.29, 1.82) is 0 Å². The summed E-state index contributed by atoms with van der Waals surface area (Å²) >= 11 is 0. The average molecular weight is 250 g/mol. The maximum Gasteiger partial charge on any atom is 0.215 e. The monoisotopic (exact) mass is 250 g/mol. The van der Waals surface area contributed by atoms with E-state index in [0.29, 0.717) is 5.92 Å². The standard InChI is InChI=1S/C11H26N2O2S/c1-9(2)6-5-7-10(3)13-16(14,15)11(4)8-12/h9-11,13H,5-8,12H2,1-4H3. The lowest BCUT2D eigenvalue weighted by Crippen LogP contribution is -2.41. The van der Waals surface area contributed by atoms with Gasteiger partial charge in [-0.1, -0.05) is 26.7 Å². The molecule has 0 bridgehead atoms. The predicted molar refractivity (Wildman–Crippen MR) is 68.7 cm³/mol. The summed E-state index contributed by atoms with van der Waals surface area (Å²) in [5.74, 6) is 0.673. The largest absolute Gasteiger partial charge is 0.329 e. The molecular formula is C11H26N2O2S. The second-order valence-electron chi connectivity index (χ2n) is 4.93. The lowest BCUT2D eigenvalue weighted by molar-refractivity contribution is 0.486. The van der Waals surface area contributed by atoms with E-state index in [2.05, 4.69) is 18.6 Å². The normalized spacial score (nSPS) is 16.4. The van der Waals surface area contributed by atoms with E-state index in [4.69, 9.17) is 5.73 Å². The van der Waals surface area contributed by atoms with Crippen LogP contribution in [0, 0.1) is 5.92 Å². The van der Waals surface area contributed by atoms with E-state index in [0.717, 1.165) is 19.3 Å². The Morgan fingerprint density at radius 2 is 1.69 bits per heavy atom. The second-order valence-corrected chi connectivity index (χ2v) is 7.07. The van der Waals surface area contributed by atoms with Crippen LogP contribution in [0.5, 0.6) is 0 Å². The van der Waals surface area contributed by atoms with E-state index < -0.39 is 15.3 Å². The molecule has 0 radical (unpaired) electrons. The van der Waals surface area contributed by atoms with Crippen LogP contribution in [0.3, 0.4) is 0 Å². The van der Waals surface area contributed by atoms with Gasteiger partial charge in [-0.25, -0.2) is 13.1 Å². The average Bonchev–Trinajstić information content (AvgIpc) is 2.14. The molecule has 3 N–H and O–H groups in total. The summed E-state index contributed by atoms with van der Waals surface area (Å²) in [5.41, 5.74) is 5.35. The molecule has 0 aromatic carbocycles. The summed E-state index contributed by atoms with van der Waals surface area (Å²) in [6.45, 7) is 8.04. The second kappa shape index (κ2) is 7.25. The van der Waals surface area contributed by atoms with Crippen LogP contribution in [-0.4, -0.2) is 26.3 Å². The highest BCUT2D eigenvalue weighted by molar-refractivity contribution is 7.90. The van der Waals surface area contributed by atoms with Crippen molar-refractivity contribution in [2.75, 3.05) is 6.54 Å². The molecule has 0 aliphatic carbocycles. The lowest BCUT2D eigenvalue weighted by atomic mass is 10.0. The molecule has 0 aromatic heterocycles. The SMILES string of the molecule is CC(C)CCCC(C)NS(=O)(=O)C(C)CN. The van der Waals surface area contributed by atoms with Gasteiger partial charge in [-0.3, -0.25) is 0 Å². The number of nitrogens with two attached hydrogens (primary N) is 1. The molecule has 0 fully saturated rings. The van der Waals surface area contributed by atoms with E-state index in [1.807, 2.05) is 6.92 Å². The molecule has 16 heavy (non-hydrogen) atoms. The van der Waals surface area contributed by atoms with Gasteiger partial charge in [0.2, 0.25) is 10.0 Å². The third-order valence-corrected chi connectivity index (χ3v) is 4.63. The first kappa shape index (κ1) is 15.9. The summed E-state index contributed by atoms with van der Waals surface area (Å²) in [7, 11) is -3.24. The molecule has 0 saturated carbocycles. The van der Waals surface area contributed by atoms with E-state index >= 15 is 0 Å². The Morgan fingerprint density at radius 1 is 1.12 bits per heavy atom. The molecule has 0 saturated heterocycles. The summed E-state index contributed by atoms with van der Waals surface area (Å²) in [6.07, 6.45) is 3.07. The maximum atomic E-state index is 11.7. The van der Waals surface area contributed by atoms with Gasteiger partial charge >= 0.3 is 0 Å². The van der Waals surface area contributed by atoms with Gasteiger partial charge in [0, 0.05) is 12.6 Å². The van der Waals surface area contributed by atoms with Crippen molar-refractivity contribution in [3.63, 3.8) is 0 Å². The van der Waals surface area contributed by atoms with Crippen molar-refractivity contribution in [2.24, 2.45) is 11.7 Å². The molecule has 0 aromatic rings. The highest BCUT2D eigenvalue weighted by Crippen LogP contribution is 2.09. The highest BCUT2D eigenvalue weighted by Gasteiger charge is 2.20. The minimum Gasteiger partial charge on any atom is -0.329 e. The van der Waals surface area contributed by atoms with Crippen molar-refractivity contribution in [2.45, 2.75) is 58.2 Å². The Bertz CT molecular complexity index is 276. The van der Waals surface area contributed by atoms with Crippen molar-refractivity contribution in [1.82, 2.24) is 4.72 Å². The fraction of sp³-hybridized carbons (Fsp3) is 1.00. The van der Waals surface area contributed by atoms with Gasteiger partial charge in [0.05, 0.1) is 5.25 Å². The Balaban J connectivity index is 4.00. The van der Waals surface area contributed by atoms with Crippen molar-refractivity contribution in [3.8, 4) is 0 Å². The molecule has 0 amide bonds. The van der Waals surface area contributed by atoms with E-state index in [9.17, 15) is 8.42 Å². The Morgan fingerprint density at radius 3 is 2.12 bits per heavy atom. The minimum atomic E-state index is -3.24. The summed E-state index contributed by atoms with van der Waals surface area (Å²) in [6, 6.07) is -0.00208. The molecule has 0 spiro atoms. The molecule has 0 rings (SSSR count). The summed E-state index contributed by atoms with van der Waals surface area (Å²) < 4.78 is 26.0. The van der Waals surface area contributed by atoms with Crippen LogP contribution in [-0.2, 0) is 10.0 Å². The van der Waals surface area contributed by atoms with Crippen LogP contribution in [0.4, 0.5) is 0 Å². The minimum absolute atomic E-state index is 0.00208. The number of hydrogen-bond donors (Lipinski definition) is 2. The first-order valence-corrected chi connectivity index (χ1v) is 7.55. The van der Waals surface area contributed by atoms with Crippen molar-refractivity contribution < 1.29 is 8.42 Å². The molecule has 2 atom stereocenters. The van der Waals surface area contributed by atoms with Gasteiger partial charge in [-0.2, -0.15) is 0 Å². The smallest absolute Gasteiger partial charge is 0.215 e. The highest BCUT2D eigenvalue weighted by atomic mass is 32.2. The van der Waals surface area contributed by atoms with E-state index in [1.165, 1.54) is 0 Å². The van der Waals surface area contributed by atoms with Gasteiger partial charge in [-0.05, 0) is 26.2 Å². The molecule has 4 nitrogen and oxygen atoms in total. The predicted octanol–water partition coefficient (Wildman–Crippen LogP) is 1.47. The van der Waals surface area contributed by atoms with Crippen LogP contribution >= 0.6 is 0 Å². The molecule has 0 aliphatic heterocycles. The Labute approximate surface area is 100 Å². The summed E-state index contributed by atoms with van der Waals surface area (Å²) in [5, 5.41) is -0.514. The number of rotatable bonds is 8. The quantitative estimate of drug-likeness (QED) is 0.685. The van der Waals surface area contributed by atoms with Gasteiger partial charge < -0.3 is 5.73 Å². The zero-order valence-electron chi connectivity index (χ0n) is 10.9. The summed E-state index contributed by atoms with van der Waals surface area (Å²) in [4.78, 5) is 0. The topological polar surface area (TPSA) is 72.2 Å². The van der Waals surface area contributed by atoms with Crippen LogP contribution in [0.1, 0.15) is 47.0 Å². The molecule has 98 valence electrons. The zero-order chi connectivity index (χ0) is 12.8. The maximum absolute atomic E-state index is 11.7. The molecule has 0 heterocycles. The molecule has 5 heteroatoms. The van der Waals surface area contributed by atoms with Gasteiger partial charge in [0.15, 0.2) is 0 Å². The number of nitrogens with one attached hydrogen (secondary N) is 1. The first-order valence-electron chi connectivity index (χ1n) is 6.00. The van der Waals surface area contributed by atoms with Crippen molar-refractivity contribution >= 4 is 10.0 Å². The van der Waals surface area contributed by atoms with Crippen LogP contribution in [0.15, 0.2) is 0 Å². The zero-order valence-corrected chi connectivity index (χ0v) is 11.7. The number of hydrogen-bond acceptors (Lipinski definition) is 3. The van der Waals surface area contributed by atoms with Crippen LogP contribution in [0.25, 0.3) is 0 Å². The van der Waals surface area contributed by atoms with Gasteiger partial charge in [0.1, 0.15) is 0 Å². The number of sulfonamides is 1. The first-order chi connectivity index (χ1) is 7.29. The van der Waals surface area contributed by atoms with Gasteiger partial charge in [0.25, 0.3) is 0 Å². The molecule has 2 unspecified atom stereocenters. The van der Waals surface area contributed by atoms with Crippen LogP contribution in [0.2, 0.25) is 0 Å². The Hall–Kier alpha value is -0.130. The Kier molecular flexibility index (Phi) is 7.19. The van der Waals surface area contributed by atoms with E-state index in [1.54, 1.807) is 6.92 Å². The molecular weight excluding hydrogens is 224 g/mol. The molecule has 0 aliphatic rings. The third-order valence-electron chi connectivity index (χ3n) is 2.65. The van der Waals surface area contributed by atoms with E-state index in [-0.39, 0.29) is 12.6 Å². The third kappa shape index (κ3) is 6.45. The fourth-order valence-electron chi connectivity index (χ4n) is 1.41. The lowest BCUT2D eigenvalue weighted by Gasteiger charge is -2.17. The van der Waals surface area contributed by atoms with Gasteiger partial charge in [-0.15, -0.1) is 0 Å². The fourth-order valence-corrected chi connectivity index (χ4v) is 2.58. The van der Waals surface area contributed by atoms with Crippen molar-refractivity contribution in [3.05, 3.63) is 0 Å².